The van der Waals surface area contributed by atoms with Crippen LogP contribution in [0.1, 0.15) is 69.7 Å². The fourth-order valence-corrected chi connectivity index (χ4v) is 8.02. The van der Waals surface area contributed by atoms with Crippen molar-refractivity contribution in [1.29, 1.82) is 0 Å². The number of rotatable bonds is 3. The molecule has 0 spiro atoms. The average Bonchev–Trinajstić information content (AvgIpc) is 3.22. The van der Waals surface area contributed by atoms with E-state index in [-0.39, 0.29) is 29.6 Å². The molecule has 2 amide bonds. The molecule has 10 nitrogen and oxygen atoms in total. The Morgan fingerprint density at radius 2 is 1.85 bits per heavy atom. The number of nitrogens with one attached hydrogen (secondary N) is 2. The van der Waals surface area contributed by atoms with Gasteiger partial charge >= 0.3 is 6.09 Å². The molecule has 2 N–H and O–H groups in total. The van der Waals surface area contributed by atoms with Crippen LogP contribution in [0.15, 0.2) is 33.8 Å². The molecular weight excluding hydrogens is 530 g/mol. The van der Waals surface area contributed by atoms with Crippen LogP contribution in [0.25, 0.3) is 0 Å². The standard InChI is InChI=1S/C26H32F2N6O4S/c1-14-12-15(27)13-29-19(14)21(35)32-18-9-8-16(28)20(31-18)26(7)17-10-11-30-39(17,37)25(5,6)22(34-26)33-23(36)38-24(2,3)4/h8-9,12-13,17H,10-11H2,1-7H3,(H,31,32,35)(H,33,34,36)/t17-,26-,39?/m0/s1. The number of aromatic nitrogens is 2. The Balaban J connectivity index is 1.78. The molecule has 0 radical (unpaired) electrons. The van der Waals surface area contributed by atoms with Gasteiger partial charge in [0.15, 0.2) is 0 Å². The van der Waals surface area contributed by atoms with Crippen LogP contribution in [0.4, 0.5) is 19.4 Å². The highest BCUT2D eigenvalue weighted by Gasteiger charge is 2.58. The second-order valence-electron chi connectivity index (χ2n) is 11.2. The molecule has 2 aliphatic heterocycles. The third-order valence-corrected chi connectivity index (χ3v) is 10.5. The molecule has 0 fully saturated rings. The minimum absolute atomic E-state index is 0.00808. The van der Waals surface area contributed by atoms with Crippen molar-refractivity contribution < 1.29 is 27.3 Å². The summed E-state index contributed by atoms with van der Waals surface area (Å²) in [4.78, 5) is 38.5. The number of carbonyl (C=O) groups excluding carboxylic acids is 2. The van der Waals surface area contributed by atoms with E-state index >= 15 is 4.39 Å². The zero-order valence-corrected chi connectivity index (χ0v) is 23.7. The SMILES string of the molecule is Cc1cc(F)cnc1C(=O)Nc1ccc(F)c([C@@]2(C)N=C(NC(=O)OC(C)(C)C)C(C)(C)S3(=O)=NCC[C@@H]23)n1. The van der Waals surface area contributed by atoms with Crippen molar-refractivity contribution in [1.82, 2.24) is 15.3 Å². The topological polar surface area (TPSA) is 135 Å². The summed E-state index contributed by atoms with van der Waals surface area (Å²) in [6.45, 7) is 11.8. The van der Waals surface area contributed by atoms with E-state index < -0.39 is 54.5 Å². The van der Waals surface area contributed by atoms with Gasteiger partial charge in [-0.3, -0.25) is 15.1 Å². The largest absolute Gasteiger partial charge is 0.444 e. The van der Waals surface area contributed by atoms with Crippen LogP contribution >= 0.6 is 0 Å². The van der Waals surface area contributed by atoms with E-state index in [1.165, 1.54) is 19.1 Å². The zero-order chi connectivity index (χ0) is 29.0. The number of hydrogen-bond acceptors (Lipinski definition) is 8. The number of amides is 2. The van der Waals surface area contributed by atoms with E-state index in [2.05, 4.69) is 25.0 Å². The molecule has 210 valence electrons. The first-order valence-corrected chi connectivity index (χ1v) is 14.0. The summed E-state index contributed by atoms with van der Waals surface area (Å²) in [6.07, 6.45) is 0.482. The fraction of sp³-hybridized carbons (Fsp3) is 0.500. The number of fused-ring (bicyclic) bond motifs is 1. The molecule has 0 saturated carbocycles. The first-order valence-electron chi connectivity index (χ1n) is 12.4. The van der Waals surface area contributed by atoms with E-state index in [9.17, 15) is 18.2 Å². The number of nitrogens with zero attached hydrogens (tertiary/aromatic N) is 4. The van der Waals surface area contributed by atoms with Gasteiger partial charge in [-0.15, -0.1) is 0 Å². The Morgan fingerprint density at radius 3 is 2.49 bits per heavy atom. The molecule has 2 aromatic rings. The van der Waals surface area contributed by atoms with Gasteiger partial charge in [-0.1, -0.05) is 0 Å². The number of aliphatic imine (C=N–C) groups is 1. The van der Waals surface area contributed by atoms with Crippen molar-refractivity contribution in [3.8, 4) is 0 Å². The lowest BCUT2D eigenvalue weighted by Gasteiger charge is -2.44. The molecular formula is C26H32F2N6O4S. The monoisotopic (exact) mass is 562 g/mol. The molecule has 3 atom stereocenters. The van der Waals surface area contributed by atoms with Crippen molar-refractivity contribution in [2.45, 2.75) is 76.0 Å². The van der Waals surface area contributed by atoms with E-state index in [0.29, 0.717) is 12.0 Å². The van der Waals surface area contributed by atoms with Crippen LogP contribution in [0.2, 0.25) is 0 Å². The summed E-state index contributed by atoms with van der Waals surface area (Å²) in [5.41, 5.74) is -2.18. The van der Waals surface area contributed by atoms with Crippen LogP contribution in [0.3, 0.4) is 0 Å². The van der Waals surface area contributed by atoms with E-state index in [0.717, 1.165) is 12.3 Å². The number of ether oxygens (including phenoxy) is 1. The first-order chi connectivity index (χ1) is 18.0. The number of hydrogen-bond donors (Lipinski definition) is 2. The fourth-order valence-electron chi connectivity index (χ4n) is 4.85. The van der Waals surface area contributed by atoms with Gasteiger partial charge in [0.1, 0.15) is 50.6 Å². The average molecular weight is 563 g/mol. The van der Waals surface area contributed by atoms with E-state index in [4.69, 9.17) is 9.73 Å². The quantitative estimate of drug-likeness (QED) is 0.566. The summed E-state index contributed by atoms with van der Waals surface area (Å²) in [5, 5.41) is 4.46. The molecule has 1 unspecified atom stereocenters. The van der Waals surface area contributed by atoms with Gasteiger partial charge in [-0.25, -0.2) is 32.1 Å². The Morgan fingerprint density at radius 1 is 1.15 bits per heavy atom. The highest BCUT2D eigenvalue weighted by Crippen LogP contribution is 2.47. The second-order valence-corrected chi connectivity index (χ2v) is 14.2. The number of alkyl carbamates (subject to hydrolysis) is 1. The van der Waals surface area contributed by atoms with Gasteiger partial charge in [0.25, 0.3) is 5.91 Å². The van der Waals surface area contributed by atoms with Gasteiger partial charge in [0.05, 0.1) is 21.2 Å². The molecule has 2 aliphatic rings. The van der Waals surface area contributed by atoms with Crippen LogP contribution in [0.5, 0.6) is 0 Å². The maximum atomic E-state index is 15.4. The molecule has 4 rings (SSSR count). The van der Waals surface area contributed by atoms with Gasteiger partial charge in [-0.05, 0) is 78.6 Å². The normalized spacial score (nSPS) is 25.7. The van der Waals surface area contributed by atoms with E-state index in [1.807, 2.05) is 0 Å². The summed E-state index contributed by atoms with van der Waals surface area (Å²) in [6, 6.07) is 3.56. The van der Waals surface area contributed by atoms with Crippen molar-refractivity contribution in [2.24, 2.45) is 9.36 Å². The second kappa shape index (κ2) is 9.61. The van der Waals surface area contributed by atoms with Gasteiger partial charge in [0.2, 0.25) is 0 Å². The maximum absolute atomic E-state index is 15.4. The Bertz CT molecular complexity index is 1510. The van der Waals surface area contributed by atoms with Gasteiger partial charge in [0, 0.05) is 6.54 Å². The predicted octanol–water partition coefficient (Wildman–Crippen LogP) is 4.49. The number of aryl methyl sites for hydroxylation is 1. The minimum atomic E-state index is -3.09. The van der Waals surface area contributed by atoms with Crippen molar-refractivity contribution in [2.75, 3.05) is 11.9 Å². The maximum Gasteiger partial charge on any atom is 0.413 e. The third kappa shape index (κ3) is 5.11. The summed E-state index contributed by atoms with van der Waals surface area (Å²) >= 11 is 0. The number of pyridine rings is 2. The summed E-state index contributed by atoms with van der Waals surface area (Å²) in [7, 11) is -3.09. The first kappa shape index (κ1) is 28.5. The smallest absolute Gasteiger partial charge is 0.413 e. The van der Waals surface area contributed by atoms with Gasteiger partial charge in [-0.2, -0.15) is 0 Å². The highest BCUT2D eigenvalue weighted by molar-refractivity contribution is 7.96. The Kier molecular flexibility index (Phi) is 7.03. The molecule has 0 aliphatic carbocycles. The minimum Gasteiger partial charge on any atom is -0.444 e. The van der Waals surface area contributed by atoms with E-state index in [1.54, 1.807) is 41.5 Å². The lowest BCUT2D eigenvalue weighted by Crippen LogP contribution is -2.61. The van der Waals surface area contributed by atoms with Crippen LogP contribution in [-0.4, -0.2) is 54.2 Å². The van der Waals surface area contributed by atoms with Crippen LogP contribution < -0.4 is 10.6 Å². The Labute approximate surface area is 226 Å². The molecule has 39 heavy (non-hydrogen) atoms. The number of amidine groups is 1. The molecule has 2 aromatic heterocycles. The lowest BCUT2D eigenvalue weighted by atomic mass is 9.89. The summed E-state index contributed by atoms with van der Waals surface area (Å²) < 4.78 is 51.9. The van der Waals surface area contributed by atoms with Crippen LogP contribution in [0, 0.1) is 18.6 Å². The van der Waals surface area contributed by atoms with Gasteiger partial charge < -0.3 is 10.1 Å². The lowest BCUT2D eigenvalue weighted by molar-refractivity contribution is 0.0560. The molecule has 4 heterocycles. The Hall–Kier alpha value is -3.48. The molecule has 0 aromatic carbocycles. The van der Waals surface area contributed by atoms with Crippen molar-refractivity contribution in [3.63, 3.8) is 0 Å². The predicted molar refractivity (Wildman–Crippen MR) is 143 cm³/mol. The summed E-state index contributed by atoms with van der Waals surface area (Å²) in [5.74, 6) is -1.96. The van der Waals surface area contributed by atoms with Crippen molar-refractivity contribution >= 4 is 33.4 Å². The molecule has 13 heteroatoms. The highest BCUT2D eigenvalue weighted by atomic mass is 32.2. The number of carbonyl (C=O) groups is 2. The molecule has 0 bridgehead atoms. The molecule has 0 saturated heterocycles. The number of anilines is 1. The number of halogens is 2. The van der Waals surface area contributed by atoms with Crippen LogP contribution in [-0.2, 0) is 20.0 Å². The van der Waals surface area contributed by atoms with Crippen molar-refractivity contribution in [3.05, 3.63) is 53.0 Å². The third-order valence-electron chi connectivity index (χ3n) is 6.78. The zero-order valence-electron chi connectivity index (χ0n) is 22.9.